The molecule has 0 fully saturated rings. The zero-order valence-corrected chi connectivity index (χ0v) is 11.4. The first-order valence-electron chi connectivity index (χ1n) is 6.07. The molecule has 2 rings (SSSR count). The smallest absolute Gasteiger partial charge is 0.267 e. The van der Waals surface area contributed by atoms with Crippen molar-refractivity contribution in [1.82, 2.24) is 3.97 Å². The zero-order chi connectivity index (χ0) is 13.9. The molecule has 1 aromatic carbocycles. The molecule has 0 saturated heterocycles. The van der Waals surface area contributed by atoms with Crippen LogP contribution in [-0.2, 0) is 10.0 Å². The third-order valence-corrected chi connectivity index (χ3v) is 4.44. The molecule has 0 radical (unpaired) electrons. The van der Waals surface area contributed by atoms with Gasteiger partial charge in [-0.15, -0.1) is 0 Å². The Morgan fingerprint density at radius 1 is 1.16 bits per heavy atom. The van der Waals surface area contributed by atoms with Gasteiger partial charge in [0.05, 0.1) is 4.90 Å². The van der Waals surface area contributed by atoms with Crippen LogP contribution in [0.4, 0.5) is 0 Å². The van der Waals surface area contributed by atoms with Crippen LogP contribution in [0.2, 0.25) is 0 Å². The van der Waals surface area contributed by atoms with E-state index in [1.165, 1.54) is 24.5 Å². The summed E-state index contributed by atoms with van der Waals surface area (Å²) in [4.78, 5) is 11.9. The molecule has 0 aliphatic rings. The number of ketones is 1. The molecule has 1 aromatic heterocycles. The number of nitrogens with zero attached hydrogens (tertiary/aromatic N) is 1. The molecule has 19 heavy (non-hydrogen) atoms. The average molecular weight is 277 g/mol. The lowest BCUT2D eigenvalue weighted by molar-refractivity contribution is 0.0982. The van der Waals surface area contributed by atoms with Crippen molar-refractivity contribution in [2.24, 2.45) is 0 Å². The fraction of sp³-hybridized carbons (Fsp3) is 0.214. The van der Waals surface area contributed by atoms with E-state index in [4.69, 9.17) is 0 Å². The van der Waals surface area contributed by atoms with Gasteiger partial charge in [0.1, 0.15) is 0 Å². The summed E-state index contributed by atoms with van der Waals surface area (Å²) >= 11 is 0. The topological polar surface area (TPSA) is 56.1 Å². The Bertz CT molecular complexity index is 672. The van der Waals surface area contributed by atoms with Gasteiger partial charge in [0.2, 0.25) is 0 Å². The second kappa shape index (κ2) is 5.40. The van der Waals surface area contributed by atoms with Gasteiger partial charge in [-0.2, -0.15) is 0 Å². The van der Waals surface area contributed by atoms with Gasteiger partial charge < -0.3 is 0 Å². The van der Waals surface area contributed by atoms with Gasteiger partial charge in [-0.3, -0.25) is 4.79 Å². The van der Waals surface area contributed by atoms with E-state index in [0.717, 1.165) is 10.4 Å². The van der Waals surface area contributed by atoms with Crippen LogP contribution in [-0.4, -0.2) is 18.2 Å². The molecule has 0 aliphatic carbocycles. The summed E-state index contributed by atoms with van der Waals surface area (Å²) in [5, 5.41) is 0. The van der Waals surface area contributed by atoms with Crippen LogP contribution in [0, 0.1) is 0 Å². The van der Waals surface area contributed by atoms with E-state index in [1.807, 2.05) is 6.92 Å². The summed E-state index contributed by atoms with van der Waals surface area (Å²) in [5.41, 5.74) is 0.432. The Balaban J connectivity index is 2.36. The number of hydrogen-bond donors (Lipinski definition) is 0. The second-order valence-corrected chi connectivity index (χ2v) is 6.06. The minimum absolute atomic E-state index is 0.0375. The van der Waals surface area contributed by atoms with E-state index in [2.05, 4.69) is 0 Å². The molecule has 0 bridgehead atoms. The number of aromatic nitrogens is 1. The third-order valence-electron chi connectivity index (χ3n) is 2.78. The molecule has 4 nitrogen and oxygen atoms in total. The lowest BCUT2D eigenvalue weighted by Crippen LogP contribution is -2.11. The Labute approximate surface area is 112 Å². The van der Waals surface area contributed by atoms with Crippen LogP contribution < -0.4 is 0 Å². The molecule has 5 heteroatoms. The van der Waals surface area contributed by atoms with Crippen LogP contribution >= 0.6 is 0 Å². The highest BCUT2D eigenvalue weighted by Gasteiger charge is 2.17. The summed E-state index contributed by atoms with van der Waals surface area (Å²) in [6.07, 6.45) is 3.95. The minimum Gasteiger partial charge on any atom is -0.294 e. The first kappa shape index (κ1) is 13.5. The molecule has 0 amide bonds. The lowest BCUT2D eigenvalue weighted by Gasteiger charge is -2.04. The highest BCUT2D eigenvalue weighted by molar-refractivity contribution is 7.90. The molecule has 0 unspecified atom stereocenters. The molecule has 0 aliphatic heterocycles. The van der Waals surface area contributed by atoms with Crippen molar-refractivity contribution in [2.75, 3.05) is 0 Å². The molecule has 0 N–H and O–H groups in total. The summed E-state index contributed by atoms with van der Waals surface area (Å²) in [5.74, 6) is -0.0375. The summed E-state index contributed by atoms with van der Waals surface area (Å²) in [7, 11) is -3.60. The second-order valence-electron chi connectivity index (χ2n) is 4.22. The Morgan fingerprint density at radius 2 is 1.84 bits per heavy atom. The van der Waals surface area contributed by atoms with E-state index in [1.54, 1.807) is 24.3 Å². The first-order chi connectivity index (χ1) is 9.05. The average Bonchev–Trinajstić information content (AvgIpc) is 2.90. The van der Waals surface area contributed by atoms with Crippen molar-refractivity contribution in [3.8, 4) is 0 Å². The van der Waals surface area contributed by atoms with Gasteiger partial charge in [-0.25, -0.2) is 12.4 Å². The molecule has 2 aromatic rings. The fourth-order valence-corrected chi connectivity index (χ4v) is 2.99. The van der Waals surface area contributed by atoms with E-state index < -0.39 is 10.0 Å². The maximum absolute atomic E-state index is 12.3. The molecule has 0 atom stereocenters. The van der Waals surface area contributed by atoms with Crippen LogP contribution in [0.5, 0.6) is 0 Å². The van der Waals surface area contributed by atoms with Gasteiger partial charge >= 0.3 is 0 Å². The van der Waals surface area contributed by atoms with Crippen molar-refractivity contribution in [3.05, 3.63) is 54.4 Å². The van der Waals surface area contributed by atoms with Gasteiger partial charge in [-0.1, -0.05) is 25.1 Å². The van der Waals surface area contributed by atoms with Crippen LogP contribution in [0.25, 0.3) is 0 Å². The Morgan fingerprint density at radius 3 is 2.47 bits per heavy atom. The minimum atomic E-state index is -3.60. The summed E-state index contributed by atoms with van der Waals surface area (Å²) in [6, 6.07) is 9.69. The van der Waals surface area contributed by atoms with Crippen molar-refractivity contribution in [2.45, 2.75) is 24.7 Å². The first-order valence-corrected chi connectivity index (χ1v) is 7.51. The summed E-state index contributed by atoms with van der Waals surface area (Å²) < 4.78 is 25.6. The number of carbonyl (C=O) groups is 1. The number of carbonyl (C=O) groups excluding carboxylic acids is 1. The van der Waals surface area contributed by atoms with Crippen molar-refractivity contribution in [3.63, 3.8) is 0 Å². The molecular weight excluding hydrogens is 262 g/mol. The van der Waals surface area contributed by atoms with Crippen molar-refractivity contribution in [1.29, 1.82) is 0 Å². The van der Waals surface area contributed by atoms with Crippen LogP contribution in [0.15, 0.2) is 53.7 Å². The monoisotopic (exact) mass is 277 g/mol. The number of rotatable bonds is 5. The highest BCUT2D eigenvalue weighted by atomic mass is 32.2. The zero-order valence-electron chi connectivity index (χ0n) is 10.6. The maximum atomic E-state index is 12.3. The van der Waals surface area contributed by atoms with E-state index in [0.29, 0.717) is 12.0 Å². The van der Waals surface area contributed by atoms with Gasteiger partial charge in [0, 0.05) is 24.4 Å². The molecule has 0 saturated carbocycles. The molecule has 100 valence electrons. The normalized spacial score (nSPS) is 11.4. The standard InChI is InChI=1S/C14H15NO3S/c1-2-6-14(16)12-9-10-15(11-12)19(17,18)13-7-4-3-5-8-13/h3-5,7-11H,2,6H2,1H3. The number of Topliss-reactive ketones (excluding diaryl/α,β-unsaturated/α-hetero) is 1. The largest absolute Gasteiger partial charge is 0.294 e. The molecule has 0 spiro atoms. The van der Waals surface area contributed by atoms with Crippen LogP contribution in [0.1, 0.15) is 30.1 Å². The predicted molar refractivity (Wildman–Crippen MR) is 72.7 cm³/mol. The highest BCUT2D eigenvalue weighted by Crippen LogP contribution is 2.15. The third kappa shape index (κ3) is 2.76. The quantitative estimate of drug-likeness (QED) is 0.790. The van der Waals surface area contributed by atoms with Crippen molar-refractivity contribution >= 4 is 15.8 Å². The predicted octanol–water partition coefficient (Wildman–Crippen LogP) is 2.71. The SMILES string of the molecule is CCCC(=O)c1ccn(S(=O)(=O)c2ccccc2)c1. The summed E-state index contributed by atoms with van der Waals surface area (Å²) in [6.45, 7) is 1.91. The maximum Gasteiger partial charge on any atom is 0.267 e. The van der Waals surface area contributed by atoms with E-state index in [-0.39, 0.29) is 10.7 Å². The molecule has 1 heterocycles. The number of hydrogen-bond acceptors (Lipinski definition) is 3. The number of benzene rings is 1. The van der Waals surface area contributed by atoms with Gasteiger partial charge in [0.25, 0.3) is 10.0 Å². The Hall–Kier alpha value is -1.88. The molecular formula is C14H15NO3S. The van der Waals surface area contributed by atoms with Crippen LogP contribution in [0.3, 0.4) is 0 Å². The Kier molecular flexibility index (Phi) is 3.85. The fourth-order valence-electron chi connectivity index (χ4n) is 1.78. The van der Waals surface area contributed by atoms with Gasteiger partial charge in [-0.05, 0) is 24.6 Å². The van der Waals surface area contributed by atoms with Gasteiger partial charge in [0.15, 0.2) is 5.78 Å². The van der Waals surface area contributed by atoms with Crippen molar-refractivity contribution < 1.29 is 13.2 Å². The van der Waals surface area contributed by atoms with E-state index in [9.17, 15) is 13.2 Å². The van der Waals surface area contributed by atoms with E-state index >= 15 is 0 Å². The lowest BCUT2D eigenvalue weighted by atomic mass is 10.1.